The predicted octanol–water partition coefficient (Wildman–Crippen LogP) is 0.887. The van der Waals surface area contributed by atoms with Crippen LogP contribution in [0.25, 0.3) is 0 Å². The van der Waals surface area contributed by atoms with E-state index in [-0.39, 0.29) is 25.5 Å². The molecule has 1 N–H and O–H groups in total. The zero-order valence-corrected chi connectivity index (χ0v) is 9.87. The summed E-state index contributed by atoms with van der Waals surface area (Å²) in [5.41, 5.74) is -0.964. The highest BCUT2D eigenvalue weighted by Crippen LogP contribution is 2.04. The molecule has 0 aromatic carbocycles. The molecular formula is C10H19F2NO3. The topological polar surface area (TPSA) is 49.8 Å². The molecular weight excluding hydrogens is 220 g/mol. The van der Waals surface area contributed by atoms with Crippen molar-refractivity contribution in [3.05, 3.63) is 0 Å². The standard InChI is InChI=1S/C10H19F2NO3/c1-10(2,15)7-13(3)9(14)4-5-16-6-8(11)12/h8,15H,4-7H2,1-3H3. The van der Waals surface area contributed by atoms with E-state index in [4.69, 9.17) is 0 Å². The number of hydrogen-bond acceptors (Lipinski definition) is 3. The molecule has 0 unspecified atom stereocenters. The SMILES string of the molecule is CN(CC(C)(C)O)C(=O)CCOCC(F)F. The lowest BCUT2D eigenvalue weighted by atomic mass is 10.1. The summed E-state index contributed by atoms with van der Waals surface area (Å²) in [5.74, 6) is -0.239. The van der Waals surface area contributed by atoms with Gasteiger partial charge >= 0.3 is 0 Å². The van der Waals surface area contributed by atoms with Crippen molar-refractivity contribution in [2.24, 2.45) is 0 Å². The van der Waals surface area contributed by atoms with E-state index in [1.54, 1.807) is 20.9 Å². The lowest BCUT2D eigenvalue weighted by molar-refractivity contribution is -0.134. The minimum atomic E-state index is -2.51. The lowest BCUT2D eigenvalue weighted by Crippen LogP contribution is -2.40. The first-order valence-corrected chi connectivity index (χ1v) is 5.04. The number of alkyl halides is 2. The van der Waals surface area contributed by atoms with Crippen LogP contribution in [0.4, 0.5) is 8.78 Å². The molecule has 0 fully saturated rings. The summed E-state index contributed by atoms with van der Waals surface area (Å²) in [5, 5.41) is 9.46. The van der Waals surface area contributed by atoms with Gasteiger partial charge in [0.15, 0.2) is 0 Å². The fraction of sp³-hybridized carbons (Fsp3) is 0.900. The molecule has 0 atom stereocenters. The number of carbonyl (C=O) groups is 1. The summed E-state index contributed by atoms with van der Waals surface area (Å²) < 4.78 is 28.0. The Bertz CT molecular complexity index is 217. The number of carbonyl (C=O) groups excluding carboxylic acids is 1. The van der Waals surface area contributed by atoms with Gasteiger partial charge < -0.3 is 14.7 Å². The average Bonchev–Trinajstić information content (AvgIpc) is 2.08. The van der Waals surface area contributed by atoms with Gasteiger partial charge in [-0.05, 0) is 13.8 Å². The Morgan fingerprint density at radius 1 is 1.50 bits per heavy atom. The van der Waals surface area contributed by atoms with Crippen LogP contribution in [-0.4, -0.2) is 54.7 Å². The summed E-state index contributed by atoms with van der Waals surface area (Å²) in [7, 11) is 1.55. The van der Waals surface area contributed by atoms with Crippen LogP contribution in [0.1, 0.15) is 20.3 Å². The molecule has 4 nitrogen and oxygen atoms in total. The Morgan fingerprint density at radius 3 is 2.50 bits per heavy atom. The quantitative estimate of drug-likeness (QED) is 0.671. The third-order valence-electron chi connectivity index (χ3n) is 1.75. The monoisotopic (exact) mass is 239 g/mol. The molecule has 0 saturated heterocycles. The van der Waals surface area contributed by atoms with Gasteiger partial charge in [-0.2, -0.15) is 0 Å². The molecule has 0 aliphatic rings. The average molecular weight is 239 g/mol. The Kier molecular flexibility index (Phi) is 6.43. The smallest absolute Gasteiger partial charge is 0.261 e. The predicted molar refractivity (Wildman–Crippen MR) is 55.4 cm³/mol. The number of ether oxygens (including phenoxy) is 1. The molecule has 0 aliphatic heterocycles. The second kappa shape index (κ2) is 6.75. The molecule has 0 saturated carbocycles. The molecule has 6 heteroatoms. The maximum Gasteiger partial charge on any atom is 0.261 e. The molecule has 0 radical (unpaired) electrons. The van der Waals surface area contributed by atoms with E-state index in [0.29, 0.717) is 0 Å². The highest BCUT2D eigenvalue weighted by molar-refractivity contribution is 5.76. The third kappa shape index (κ3) is 8.55. The van der Waals surface area contributed by atoms with Gasteiger partial charge in [0.05, 0.1) is 18.6 Å². The molecule has 16 heavy (non-hydrogen) atoms. The Morgan fingerprint density at radius 2 is 2.06 bits per heavy atom. The zero-order valence-electron chi connectivity index (χ0n) is 9.87. The fourth-order valence-electron chi connectivity index (χ4n) is 1.19. The summed E-state index contributed by atoms with van der Waals surface area (Å²) in [4.78, 5) is 12.8. The number of halogens is 2. The van der Waals surface area contributed by atoms with Gasteiger partial charge in [0.25, 0.3) is 6.43 Å². The van der Waals surface area contributed by atoms with Crippen LogP contribution in [0, 0.1) is 0 Å². The number of rotatable bonds is 7. The van der Waals surface area contributed by atoms with Crippen LogP contribution in [0.3, 0.4) is 0 Å². The van der Waals surface area contributed by atoms with Gasteiger partial charge in [-0.1, -0.05) is 0 Å². The lowest BCUT2D eigenvalue weighted by Gasteiger charge is -2.25. The maximum atomic E-state index is 11.7. The van der Waals surface area contributed by atoms with E-state index >= 15 is 0 Å². The Hall–Kier alpha value is -0.750. The summed E-state index contributed by atoms with van der Waals surface area (Å²) >= 11 is 0. The number of likely N-dealkylation sites (N-methyl/N-ethyl adjacent to an activating group) is 1. The minimum Gasteiger partial charge on any atom is -0.389 e. The van der Waals surface area contributed by atoms with Gasteiger partial charge in [-0.25, -0.2) is 8.78 Å². The second-order valence-electron chi connectivity index (χ2n) is 4.28. The molecule has 0 aromatic rings. The van der Waals surface area contributed by atoms with Crippen molar-refractivity contribution >= 4 is 5.91 Å². The summed E-state index contributed by atoms with van der Waals surface area (Å²) in [6, 6.07) is 0. The first kappa shape index (κ1) is 15.2. The van der Waals surface area contributed by atoms with E-state index in [1.807, 2.05) is 0 Å². The molecule has 1 amide bonds. The van der Waals surface area contributed by atoms with Crippen molar-refractivity contribution in [3.63, 3.8) is 0 Å². The maximum absolute atomic E-state index is 11.7. The first-order chi connectivity index (χ1) is 7.22. The van der Waals surface area contributed by atoms with E-state index in [0.717, 1.165) is 0 Å². The van der Waals surface area contributed by atoms with E-state index in [2.05, 4.69) is 4.74 Å². The third-order valence-corrected chi connectivity index (χ3v) is 1.75. The molecule has 96 valence electrons. The van der Waals surface area contributed by atoms with Crippen molar-refractivity contribution in [1.82, 2.24) is 4.90 Å². The van der Waals surface area contributed by atoms with E-state index < -0.39 is 18.6 Å². The van der Waals surface area contributed by atoms with Crippen molar-refractivity contribution < 1.29 is 23.4 Å². The number of hydrogen-bond donors (Lipinski definition) is 1. The highest BCUT2D eigenvalue weighted by atomic mass is 19.3. The van der Waals surface area contributed by atoms with Crippen LogP contribution in [-0.2, 0) is 9.53 Å². The van der Waals surface area contributed by atoms with Gasteiger partial charge in [0, 0.05) is 13.6 Å². The van der Waals surface area contributed by atoms with Gasteiger partial charge in [0.2, 0.25) is 5.91 Å². The first-order valence-electron chi connectivity index (χ1n) is 5.04. The van der Waals surface area contributed by atoms with Crippen molar-refractivity contribution in [2.75, 3.05) is 26.8 Å². The highest BCUT2D eigenvalue weighted by Gasteiger charge is 2.19. The van der Waals surface area contributed by atoms with Gasteiger partial charge in [-0.3, -0.25) is 4.79 Å². The van der Waals surface area contributed by atoms with Crippen LogP contribution in [0.5, 0.6) is 0 Å². The molecule has 0 rings (SSSR count). The normalized spacial score (nSPS) is 11.9. The number of aliphatic hydroxyl groups is 1. The van der Waals surface area contributed by atoms with Crippen molar-refractivity contribution in [1.29, 1.82) is 0 Å². The van der Waals surface area contributed by atoms with E-state index in [9.17, 15) is 18.7 Å². The number of nitrogens with zero attached hydrogens (tertiary/aromatic N) is 1. The zero-order chi connectivity index (χ0) is 12.8. The molecule has 0 aliphatic carbocycles. The summed E-state index contributed by atoms with van der Waals surface area (Å²) in [6.45, 7) is 2.69. The Labute approximate surface area is 94.2 Å². The number of amides is 1. The van der Waals surface area contributed by atoms with Crippen LogP contribution < -0.4 is 0 Å². The Balaban J connectivity index is 3.72. The minimum absolute atomic E-state index is 0.0284. The largest absolute Gasteiger partial charge is 0.389 e. The van der Waals surface area contributed by atoms with Crippen LogP contribution in [0.15, 0.2) is 0 Å². The molecule has 0 bridgehead atoms. The molecule has 0 heterocycles. The molecule has 0 aromatic heterocycles. The summed E-state index contributed by atoms with van der Waals surface area (Å²) in [6.07, 6.45) is -2.47. The van der Waals surface area contributed by atoms with Crippen LogP contribution in [0.2, 0.25) is 0 Å². The fourth-order valence-corrected chi connectivity index (χ4v) is 1.19. The van der Waals surface area contributed by atoms with Crippen LogP contribution >= 0.6 is 0 Å². The van der Waals surface area contributed by atoms with Crippen molar-refractivity contribution in [3.8, 4) is 0 Å². The van der Waals surface area contributed by atoms with Crippen molar-refractivity contribution in [2.45, 2.75) is 32.3 Å². The van der Waals surface area contributed by atoms with E-state index in [1.165, 1.54) is 4.90 Å². The van der Waals surface area contributed by atoms with Gasteiger partial charge in [0.1, 0.15) is 6.61 Å². The molecule has 0 spiro atoms. The van der Waals surface area contributed by atoms with Gasteiger partial charge in [-0.15, -0.1) is 0 Å². The second-order valence-corrected chi connectivity index (χ2v) is 4.28.